The van der Waals surface area contributed by atoms with E-state index in [2.05, 4.69) is 10.4 Å². The minimum atomic E-state index is -0.0772. The van der Waals surface area contributed by atoms with Crippen LogP contribution in [0.1, 0.15) is 31.4 Å². The number of anilines is 2. The molecule has 1 aliphatic rings. The summed E-state index contributed by atoms with van der Waals surface area (Å²) in [4.78, 5) is 14.0. The van der Waals surface area contributed by atoms with Crippen LogP contribution >= 0.6 is 0 Å². The van der Waals surface area contributed by atoms with E-state index in [1.807, 2.05) is 11.8 Å². The maximum Gasteiger partial charge on any atom is 0.323 e. The Kier molecular flexibility index (Phi) is 3.74. The summed E-state index contributed by atoms with van der Waals surface area (Å²) in [5, 5.41) is 7.04. The van der Waals surface area contributed by atoms with Crippen LogP contribution in [0.25, 0.3) is 0 Å². The molecule has 0 aliphatic carbocycles. The third-order valence-electron chi connectivity index (χ3n) is 3.39. The molecule has 0 radical (unpaired) electrons. The number of amides is 2. The van der Waals surface area contributed by atoms with Crippen LogP contribution in [0.4, 0.5) is 16.3 Å². The van der Waals surface area contributed by atoms with Crippen LogP contribution in [0.3, 0.4) is 0 Å². The van der Waals surface area contributed by atoms with E-state index < -0.39 is 0 Å². The maximum absolute atomic E-state index is 12.2. The SMILES string of the molecule is Cc1nn(C)c(NC(=O)N2CCCCCC2)c1N. The van der Waals surface area contributed by atoms with Gasteiger partial charge in [0.15, 0.2) is 5.82 Å². The Bertz CT molecular complexity index is 432. The lowest BCUT2D eigenvalue weighted by atomic mass is 10.2. The highest BCUT2D eigenvalue weighted by Crippen LogP contribution is 2.21. The molecule has 0 bridgehead atoms. The fourth-order valence-corrected chi connectivity index (χ4v) is 2.28. The molecule has 1 saturated heterocycles. The molecule has 2 amide bonds. The van der Waals surface area contributed by atoms with Gasteiger partial charge in [0.25, 0.3) is 0 Å². The lowest BCUT2D eigenvalue weighted by Crippen LogP contribution is -2.36. The van der Waals surface area contributed by atoms with Gasteiger partial charge in [-0.25, -0.2) is 4.79 Å². The Morgan fingerprint density at radius 1 is 1.28 bits per heavy atom. The number of carbonyl (C=O) groups is 1. The van der Waals surface area contributed by atoms with Crippen LogP contribution in [0, 0.1) is 6.92 Å². The van der Waals surface area contributed by atoms with Crippen molar-refractivity contribution in [2.45, 2.75) is 32.6 Å². The molecule has 6 nitrogen and oxygen atoms in total. The number of nitrogens with zero attached hydrogens (tertiary/aromatic N) is 3. The average molecular weight is 251 g/mol. The Balaban J connectivity index is 2.06. The largest absolute Gasteiger partial charge is 0.394 e. The number of likely N-dealkylation sites (tertiary alicyclic amines) is 1. The minimum absolute atomic E-state index is 0.0772. The monoisotopic (exact) mass is 251 g/mol. The van der Waals surface area contributed by atoms with Gasteiger partial charge >= 0.3 is 6.03 Å². The van der Waals surface area contributed by atoms with Crippen molar-refractivity contribution < 1.29 is 4.79 Å². The Hall–Kier alpha value is -1.72. The topological polar surface area (TPSA) is 76.2 Å². The predicted octanol–water partition coefficient (Wildman–Crippen LogP) is 1.72. The molecule has 1 aromatic heterocycles. The predicted molar refractivity (Wildman–Crippen MR) is 71.4 cm³/mol. The Morgan fingerprint density at radius 3 is 2.39 bits per heavy atom. The van der Waals surface area contributed by atoms with Crippen molar-refractivity contribution in [2.24, 2.45) is 7.05 Å². The lowest BCUT2D eigenvalue weighted by Gasteiger charge is -2.20. The number of hydrogen-bond donors (Lipinski definition) is 2. The number of aromatic nitrogens is 2. The van der Waals surface area contributed by atoms with Crippen molar-refractivity contribution in [1.82, 2.24) is 14.7 Å². The molecule has 0 atom stereocenters. The number of carbonyl (C=O) groups excluding carboxylic acids is 1. The lowest BCUT2D eigenvalue weighted by molar-refractivity contribution is 0.213. The smallest absolute Gasteiger partial charge is 0.323 e. The summed E-state index contributed by atoms with van der Waals surface area (Å²) in [7, 11) is 1.78. The molecule has 3 N–H and O–H groups in total. The Labute approximate surface area is 107 Å². The minimum Gasteiger partial charge on any atom is -0.394 e. The van der Waals surface area contributed by atoms with Gasteiger partial charge in [0.05, 0.1) is 11.4 Å². The van der Waals surface area contributed by atoms with E-state index in [4.69, 9.17) is 5.73 Å². The van der Waals surface area contributed by atoms with E-state index in [0.29, 0.717) is 11.5 Å². The molecule has 18 heavy (non-hydrogen) atoms. The van der Waals surface area contributed by atoms with Gasteiger partial charge < -0.3 is 10.6 Å². The number of nitrogen functional groups attached to an aromatic ring is 1. The number of nitrogens with two attached hydrogens (primary N) is 1. The first-order valence-corrected chi connectivity index (χ1v) is 6.44. The standard InChI is InChI=1S/C12H21N5O/c1-9-10(13)11(16(2)15-9)14-12(18)17-7-5-3-4-6-8-17/h3-8,13H2,1-2H3,(H,14,18). The zero-order chi connectivity index (χ0) is 13.1. The van der Waals surface area contributed by atoms with Crippen LogP contribution in [-0.4, -0.2) is 33.8 Å². The van der Waals surface area contributed by atoms with Crippen LogP contribution < -0.4 is 11.1 Å². The van der Waals surface area contributed by atoms with Crippen molar-refractivity contribution in [3.05, 3.63) is 5.69 Å². The molecule has 2 heterocycles. The first kappa shape index (κ1) is 12.7. The third-order valence-corrected chi connectivity index (χ3v) is 3.39. The van der Waals surface area contributed by atoms with Gasteiger partial charge in [-0.3, -0.25) is 10.00 Å². The molecule has 2 rings (SSSR count). The van der Waals surface area contributed by atoms with Gasteiger partial charge in [0, 0.05) is 20.1 Å². The average Bonchev–Trinajstić information content (AvgIpc) is 2.58. The van der Waals surface area contributed by atoms with Crippen LogP contribution in [-0.2, 0) is 7.05 Å². The van der Waals surface area contributed by atoms with E-state index in [9.17, 15) is 4.79 Å². The summed E-state index contributed by atoms with van der Waals surface area (Å²) < 4.78 is 1.61. The summed E-state index contributed by atoms with van der Waals surface area (Å²) in [5.41, 5.74) is 7.18. The van der Waals surface area contributed by atoms with E-state index >= 15 is 0 Å². The molecular weight excluding hydrogens is 230 g/mol. The van der Waals surface area contributed by atoms with Gasteiger partial charge in [-0.2, -0.15) is 5.10 Å². The molecular formula is C12H21N5O. The summed E-state index contributed by atoms with van der Waals surface area (Å²) in [6.45, 7) is 3.47. The molecule has 0 unspecified atom stereocenters. The summed E-state index contributed by atoms with van der Waals surface area (Å²) in [6.07, 6.45) is 4.56. The summed E-state index contributed by atoms with van der Waals surface area (Å²) >= 11 is 0. The van der Waals surface area contributed by atoms with Crippen molar-refractivity contribution in [2.75, 3.05) is 24.1 Å². The Morgan fingerprint density at radius 2 is 1.89 bits per heavy atom. The number of nitrogens with one attached hydrogen (secondary N) is 1. The van der Waals surface area contributed by atoms with E-state index in [0.717, 1.165) is 31.6 Å². The van der Waals surface area contributed by atoms with Crippen LogP contribution in [0.15, 0.2) is 0 Å². The zero-order valence-electron chi connectivity index (χ0n) is 11.1. The molecule has 0 aromatic carbocycles. The molecule has 6 heteroatoms. The normalized spacial score (nSPS) is 16.4. The maximum atomic E-state index is 12.2. The van der Waals surface area contributed by atoms with E-state index in [-0.39, 0.29) is 6.03 Å². The highest BCUT2D eigenvalue weighted by Gasteiger charge is 2.18. The van der Waals surface area contributed by atoms with E-state index in [1.165, 1.54) is 12.8 Å². The molecule has 1 fully saturated rings. The van der Waals surface area contributed by atoms with Gasteiger partial charge in [0.2, 0.25) is 0 Å². The third kappa shape index (κ3) is 2.57. The number of aryl methyl sites for hydroxylation is 2. The fourth-order valence-electron chi connectivity index (χ4n) is 2.28. The van der Waals surface area contributed by atoms with Crippen molar-refractivity contribution in [1.29, 1.82) is 0 Å². The van der Waals surface area contributed by atoms with Gasteiger partial charge in [-0.05, 0) is 19.8 Å². The fraction of sp³-hybridized carbons (Fsp3) is 0.667. The second-order valence-electron chi connectivity index (χ2n) is 4.80. The molecule has 0 saturated carbocycles. The second-order valence-corrected chi connectivity index (χ2v) is 4.80. The summed E-state index contributed by atoms with van der Waals surface area (Å²) in [6, 6.07) is -0.0772. The number of hydrogen-bond acceptors (Lipinski definition) is 3. The van der Waals surface area contributed by atoms with Crippen LogP contribution in [0.5, 0.6) is 0 Å². The van der Waals surface area contributed by atoms with Gasteiger partial charge in [-0.15, -0.1) is 0 Å². The molecule has 1 aromatic rings. The van der Waals surface area contributed by atoms with Crippen molar-refractivity contribution in [3.63, 3.8) is 0 Å². The number of rotatable bonds is 1. The number of urea groups is 1. The highest BCUT2D eigenvalue weighted by atomic mass is 16.2. The zero-order valence-corrected chi connectivity index (χ0v) is 11.1. The molecule has 0 spiro atoms. The summed E-state index contributed by atoms with van der Waals surface area (Å²) in [5.74, 6) is 0.585. The van der Waals surface area contributed by atoms with Gasteiger partial charge in [-0.1, -0.05) is 12.8 Å². The van der Waals surface area contributed by atoms with Gasteiger partial charge in [0.1, 0.15) is 0 Å². The highest BCUT2D eigenvalue weighted by molar-refractivity contribution is 5.91. The molecule has 1 aliphatic heterocycles. The quantitative estimate of drug-likeness (QED) is 0.798. The second kappa shape index (κ2) is 5.29. The van der Waals surface area contributed by atoms with Crippen LogP contribution in [0.2, 0.25) is 0 Å². The first-order chi connectivity index (χ1) is 8.59. The first-order valence-electron chi connectivity index (χ1n) is 6.44. The molecule has 100 valence electrons. The van der Waals surface area contributed by atoms with Crippen molar-refractivity contribution in [3.8, 4) is 0 Å². The van der Waals surface area contributed by atoms with Crippen molar-refractivity contribution >= 4 is 17.5 Å². The van der Waals surface area contributed by atoms with E-state index in [1.54, 1.807) is 11.7 Å².